The van der Waals surface area contributed by atoms with Crippen molar-refractivity contribution in [1.82, 2.24) is 10.2 Å². The van der Waals surface area contributed by atoms with Crippen molar-refractivity contribution in [3.63, 3.8) is 0 Å². The number of rotatable bonds is 4. The zero-order chi connectivity index (χ0) is 13.8. The Morgan fingerprint density at radius 3 is 2.79 bits per heavy atom. The summed E-state index contributed by atoms with van der Waals surface area (Å²) in [5, 5.41) is 13.1. The molecule has 19 heavy (non-hydrogen) atoms. The summed E-state index contributed by atoms with van der Waals surface area (Å²) in [4.78, 5) is 13.9. The second-order valence-electron chi connectivity index (χ2n) is 5.02. The van der Waals surface area contributed by atoms with E-state index in [1.165, 1.54) is 0 Å². The topological polar surface area (TPSA) is 52.6 Å². The first-order chi connectivity index (χ1) is 9.04. The number of hydrogen-bond donors (Lipinski definition) is 2. The van der Waals surface area contributed by atoms with Crippen LogP contribution in [0.2, 0.25) is 5.02 Å². The van der Waals surface area contributed by atoms with Crippen LogP contribution in [-0.2, 0) is 4.79 Å². The molecule has 1 aromatic rings. The van der Waals surface area contributed by atoms with Crippen LogP contribution < -0.4 is 5.32 Å². The molecule has 104 valence electrons. The van der Waals surface area contributed by atoms with E-state index < -0.39 is 0 Å². The van der Waals surface area contributed by atoms with E-state index in [0.717, 1.165) is 18.5 Å². The average molecular weight is 283 g/mol. The van der Waals surface area contributed by atoms with Gasteiger partial charge in [-0.1, -0.05) is 23.7 Å². The lowest BCUT2D eigenvalue weighted by Crippen LogP contribution is -2.37. The predicted octanol–water partition coefficient (Wildman–Crippen LogP) is 1.58. The van der Waals surface area contributed by atoms with Gasteiger partial charge in [0.1, 0.15) is 0 Å². The highest BCUT2D eigenvalue weighted by molar-refractivity contribution is 6.30. The van der Waals surface area contributed by atoms with Crippen molar-refractivity contribution >= 4 is 17.5 Å². The minimum Gasteiger partial charge on any atom is -0.392 e. The van der Waals surface area contributed by atoms with E-state index >= 15 is 0 Å². The first-order valence-electron chi connectivity index (χ1n) is 6.50. The molecule has 1 aliphatic heterocycles. The molecule has 0 saturated carbocycles. The number of carbonyl (C=O) groups excluding carboxylic acids is 1. The molecule has 0 radical (unpaired) electrons. The van der Waals surface area contributed by atoms with Gasteiger partial charge in [-0.3, -0.25) is 9.69 Å². The Hall–Kier alpha value is -1.10. The number of nitrogens with zero attached hydrogens (tertiary/aromatic N) is 1. The van der Waals surface area contributed by atoms with Gasteiger partial charge < -0.3 is 10.4 Å². The summed E-state index contributed by atoms with van der Waals surface area (Å²) in [7, 11) is 0. The van der Waals surface area contributed by atoms with Crippen LogP contribution in [0.5, 0.6) is 0 Å². The number of carbonyl (C=O) groups is 1. The fourth-order valence-electron chi connectivity index (χ4n) is 2.28. The highest BCUT2D eigenvalue weighted by Gasteiger charge is 2.22. The maximum absolute atomic E-state index is 11.9. The molecular weight excluding hydrogens is 264 g/mol. The fourth-order valence-corrected chi connectivity index (χ4v) is 2.41. The monoisotopic (exact) mass is 282 g/mol. The number of β-amino-alcohol motifs (C(OH)–C–C–N with tert-alkyl or cyclic N) is 1. The molecule has 1 aromatic carbocycles. The Bertz CT molecular complexity index is 436. The van der Waals surface area contributed by atoms with Gasteiger partial charge in [0.2, 0.25) is 5.91 Å². The van der Waals surface area contributed by atoms with Gasteiger partial charge in [0, 0.05) is 18.1 Å². The second kappa shape index (κ2) is 6.37. The van der Waals surface area contributed by atoms with Crippen LogP contribution in [0.3, 0.4) is 0 Å². The van der Waals surface area contributed by atoms with E-state index in [-0.39, 0.29) is 18.1 Å². The van der Waals surface area contributed by atoms with Crippen LogP contribution in [0, 0.1) is 0 Å². The molecule has 1 amide bonds. The van der Waals surface area contributed by atoms with Crippen LogP contribution in [-0.4, -0.2) is 41.7 Å². The predicted molar refractivity (Wildman–Crippen MR) is 75.1 cm³/mol. The maximum Gasteiger partial charge on any atom is 0.234 e. The van der Waals surface area contributed by atoms with Crippen molar-refractivity contribution < 1.29 is 9.90 Å². The van der Waals surface area contributed by atoms with Crippen LogP contribution in [0.4, 0.5) is 0 Å². The molecule has 0 aliphatic carbocycles. The van der Waals surface area contributed by atoms with Crippen LogP contribution in [0.15, 0.2) is 24.3 Å². The lowest BCUT2D eigenvalue weighted by Gasteiger charge is -2.18. The van der Waals surface area contributed by atoms with Crippen molar-refractivity contribution in [2.24, 2.45) is 0 Å². The molecule has 2 N–H and O–H groups in total. The van der Waals surface area contributed by atoms with Crippen molar-refractivity contribution in [3.8, 4) is 0 Å². The highest BCUT2D eigenvalue weighted by Crippen LogP contribution is 2.16. The first kappa shape index (κ1) is 14.3. The highest BCUT2D eigenvalue weighted by atomic mass is 35.5. The summed E-state index contributed by atoms with van der Waals surface area (Å²) < 4.78 is 0. The van der Waals surface area contributed by atoms with E-state index in [1.807, 2.05) is 36.1 Å². The standard InChI is InChI=1S/C14H19ClN2O2/c1-10(11-2-4-12(15)5-3-11)16-14(19)9-17-7-6-13(18)8-17/h2-5,10,13,18H,6-9H2,1H3,(H,16,19)/t10?,13-/m0/s1. The minimum atomic E-state index is -0.290. The zero-order valence-corrected chi connectivity index (χ0v) is 11.7. The lowest BCUT2D eigenvalue weighted by molar-refractivity contribution is -0.122. The van der Waals surface area contributed by atoms with Gasteiger partial charge in [0.15, 0.2) is 0 Å². The summed E-state index contributed by atoms with van der Waals surface area (Å²) in [6, 6.07) is 7.41. The third-order valence-corrected chi connectivity index (χ3v) is 3.61. The SMILES string of the molecule is CC(NC(=O)CN1CC[C@H](O)C1)c1ccc(Cl)cc1. The number of likely N-dealkylation sites (tertiary alicyclic amines) is 1. The Labute approximate surface area is 118 Å². The molecule has 1 fully saturated rings. The Morgan fingerprint density at radius 2 is 2.21 bits per heavy atom. The first-order valence-corrected chi connectivity index (χ1v) is 6.87. The number of nitrogens with one attached hydrogen (secondary N) is 1. The summed E-state index contributed by atoms with van der Waals surface area (Å²) in [5.41, 5.74) is 1.03. The van der Waals surface area contributed by atoms with E-state index in [9.17, 15) is 9.90 Å². The van der Waals surface area contributed by atoms with E-state index in [1.54, 1.807) is 0 Å². The van der Waals surface area contributed by atoms with Crippen molar-refractivity contribution in [3.05, 3.63) is 34.9 Å². The molecule has 1 saturated heterocycles. The molecule has 0 aromatic heterocycles. The zero-order valence-electron chi connectivity index (χ0n) is 11.0. The summed E-state index contributed by atoms with van der Waals surface area (Å²) >= 11 is 5.83. The molecule has 2 rings (SSSR count). The molecule has 5 heteroatoms. The summed E-state index contributed by atoms with van der Waals surface area (Å²) in [5.74, 6) is -0.0171. The summed E-state index contributed by atoms with van der Waals surface area (Å²) in [6.07, 6.45) is 0.460. The second-order valence-corrected chi connectivity index (χ2v) is 5.45. The maximum atomic E-state index is 11.9. The number of aliphatic hydroxyl groups is 1. The van der Waals surface area contributed by atoms with Crippen molar-refractivity contribution in [1.29, 1.82) is 0 Å². The quantitative estimate of drug-likeness (QED) is 0.882. The molecule has 4 nitrogen and oxygen atoms in total. The number of halogens is 1. The lowest BCUT2D eigenvalue weighted by atomic mass is 10.1. The van der Waals surface area contributed by atoms with Gasteiger partial charge in [-0.15, -0.1) is 0 Å². The Morgan fingerprint density at radius 1 is 1.53 bits per heavy atom. The molecule has 0 bridgehead atoms. The molecule has 1 heterocycles. The van der Waals surface area contributed by atoms with Crippen molar-refractivity contribution in [2.75, 3.05) is 19.6 Å². The van der Waals surface area contributed by atoms with E-state index in [4.69, 9.17) is 11.6 Å². The van der Waals surface area contributed by atoms with Gasteiger partial charge in [-0.2, -0.15) is 0 Å². The van der Waals surface area contributed by atoms with E-state index in [2.05, 4.69) is 5.32 Å². The number of amides is 1. The number of hydrogen-bond acceptors (Lipinski definition) is 3. The third-order valence-electron chi connectivity index (χ3n) is 3.36. The van der Waals surface area contributed by atoms with Gasteiger partial charge in [0.05, 0.1) is 18.7 Å². The Kier molecular flexibility index (Phi) is 4.80. The number of aliphatic hydroxyl groups excluding tert-OH is 1. The van der Waals surface area contributed by atoms with Gasteiger partial charge in [-0.25, -0.2) is 0 Å². The van der Waals surface area contributed by atoms with Crippen LogP contribution >= 0.6 is 11.6 Å². The molecule has 0 spiro atoms. The smallest absolute Gasteiger partial charge is 0.234 e. The number of benzene rings is 1. The molecule has 2 atom stereocenters. The normalized spacial score (nSPS) is 21.3. The largest absolute Gasteiger partial charge is 0.392 e. The third kappa shape index (κ3) is 4.20. The van der Waals surface area contributed by atoms with Gasteiger partial charge in [0.25, 0.3) is 0 Å². The van der Waals surface area contributed by atoms with Crippen molar-refractivity contribution in [2.45, 2.75) is 25.5 Å². The fraction of sp³-hybridized carbons (Fsp3) is 0.500. The van der Waals surface area contributed by atoms with Crippen LogP contribution in [0.25, 0.3) is 0 Å². The molecule has 1 unspecified atom stereocenters. The van der Waals surface area contributed by atoms with Gasteiger partial charge >= 0.3 is 0 Å². The van der Waals surface area contributed by atoms with Gasteiger partial charge in [-0.05, 0) is 31.0 Å². The minimum absolute atomic E-state index is 0.0171. The molecule has 1 aliphatic rings. The average Bonchev–Trinajstić information content (AvgIpc) is 2.75. The van der Waals surface area contributed by atoms with Crippen LogP contribution in [0.1, 0.15) is 24.9 Å². The molecular formula is C14H19ClN2O2. The Balaban J connectivity index is 1.83. The summed E-state index contributed by atoms with van der Waals surface area (Å²) in [6.45, 7) is 3.65. The van der Waals surface area contributed by atoms with E-state index in [0.29, 0.717) is 18.1 Å².